The maximum atomic E-state index is 11.8. The lowest BCUT2D eigenvalue weighted by Crippen LogP contribution is -2.45. The quantitative estimate of drug-likeness (QED) is 0.581. The third-order valence-corrected chi connectivity index (χ3v) is 6.29. The number of amides is 2. The topological polar surface area (TPSA) is 108 Å². The lowest BCUT2D eigenvalue weighted by atomic mass is 10.0. The summed E-state index contributed by atoms with van der Waals surface area (Å²) in [5, 5.41) is 5.57. The summed E-state index contributed by atoms with van der Waals surface area (Å²) in [5.74, 6) is 2.51. The van der Waals surface area contributed by atoms with Gasteiger partial charge in [-0.2, -0.15) is 0 Å². The van der Waals surface area contributed by atoms with E-state index in [-0.39, 0.29) is 12.1 Å². The van der Waals surface area contributed by atoms with Gasteiger partial charge in [0.25, 0.3) is 0 Å². The molecule has 0 radical (unpaired) electrons. The summed E-state index contributed by atoms with van der Waals surface area (Å²) < 4.78 is 5.69. The fourth-order valence-electron chi connectivity index (χ4n) is 4.49. The number of nitrogens with zero attached hydrogens (tertiary/aromatic N) is 6. The minimum atomic E-state index is -0.221. The van der Waals surface area contributed by atoms with Crippen LogP contribution in [0.15, 0.2) is 42.9 Å². The molecular formula is C25H30N8O2. The molecule has 10 nitrogen and oxygen atoms in total. The highest BCUT2D eigenvalue weighted by atomic mass is 16.5. The molecule has 0 aliphatic carbocycles. The minimum Gasteiger partial charge on any atom is -0.377 e. The molecule has 5 rings (SSSR count). The first-order valence-corrected chi connectivity index (χ1v) is 12.0. The maximum absolute atomic E-state index is 11.8. The van der Waals surface area contributed by atoms with E-state index in [2.05, 4.69) is 37.3 Å². The lowest BCUT2D eigenvalue weighted by Gasteiger charge is -2.38. The number of carbonyl (C=O) groups excluding carboxylic acids is 1. The Kier molecular flexibility index (Phi) is 6.71. The number of hydrogen-bond acceptors (Lipinski definition) is 8. The number of aromatic nitrogens is 4. The van der Waals surface area contributed by atoms with Crippen molar-refractivity contribution in [1.82, 2.24) is 25.3 Å². The van der Waals surface area contributed by atoms with Gasteiger partial charge in [-0.15, -0.1) is 0 Å². The number of rotatable bonds is 5. The fourth-order valence-corrected chi connectivity index (χ4v) is 4.49. The Bertz CT molecular complexity index is 1170. The van der Waals surface area contributed by atoms with Gasteiger partial charge in [0.2, 0.25) is 0 Å². The minimum absolute atomic E-state index is 0.214. The van der Waals surface area contributed by atoms with E-state index < -0.39 is 0 Å². The second-order valence-electron chi connectivity index (χ2n) is 8.71. The molecule has 1 unspecified atom stereocenters. The molecule has 1 aromatic carbocycles. The Hall–Kier alpha value is -3.79. The van der Waals surface area contributed by atoms with Gasteiger partial charge < -0.3 is 25.2 Å². The number of nitrogens with one attached hydrogen (secondary N) is 2. The molecule has 1 saturated heterocycles. The van der Waals surface area contributed by atoms with Crippen LogP contribution in [0.2, 0.25) is 0 Å². The number of hydrogen-bond donors (Lipinski definition) is 2. The number of fused-ring (bicyclic) bond motifs is 1. The van der Waals surface area contributed by atoms with Crippen LogP contribution in [0.4, 0.5) is 22.1 Å². The Morgan fingerprint density at radius 2 is 2.03 bits per heavy atom. The van der Waals surface area contributed by atoms with Crippen LogP contribution in [0.5, 0.6) is 0 Å². The van der Waals surface area contributed by atoms with E-state index in [4.69, 9.17) is 14.7 Å². The molecule has 35 heavy (non-hydrogen) atoms. The van der Waals surface area contributed by atoms with Crippen LogP contribution >= 0.6 is 0 Å². The van der Waals surface area contributed by atoms with Crippen molar-refractivity contribution in [3.63, 3.8) is 0 Å². The summed E-state index contributed by atoms with van der Waals surface area (Å²) in [5.41, 5.74) is 3.83. The van der Waals surface area contributed by atoms with Crippen LogP contribution in [0.3, 0.4) is 0 Å². The Balaban J connectivity index is 1.49. The van der Waals surface area contributed by atoms with Gasteiger partial charge >= 0.3 is 6.03 Å². The van der Waals surface area contributed by atoms with Crippen LogP contribution in [-0.4, -0.2) is 64.9 Å². The maximum Gasteiger partial charge on any atom is 0.319 e. The monoisotopic (exact) mass is 474 g/mol. The Morgan fingerprint density at radius 3 is 2.77 bits per heavy atom. The van der Waals surface area contributed by atoms with Crippen LogP contribution in [0, 0.1) is 0 Å². The van der Waals surface area contributed by atoms with Crippen LogP contribution < -0.4 is 20.4 Å². The van der Waals surface area contributed by atoms with Crippen molar-refractivity contribution < 1.29 is 9.53 Å². The van der Waals surface area contributed by atoms with Crippen molar-refractivity contribution in [2.24, 2.45) is 0 Å². The molecule has 1 atom stereocenters. The van der Waals surface area contributed by atoms with Gasteiger partial charge in [-0.25, -0.2) is 19.7 Å². The predicted octanol–water partition coefficient (Wildman–Crippen LogP) is 2.86. The second-order valence-corrected chi connectivity index (χ2v) is 8.71. The van der Waals surface area contributed by atoms with E-state index in [0.29, 0.717) is 32.1 Å². The summed E-state index contributed by atoms with van der Waals surface area (Å²) in [6, 6.07) is 7.64. The van der Waals surface area contributed by atoms with E-state index in [1.807, 2.05) is 31.2 Å². The molecule has 2 aliphatic rings. The van der Waals surface area contributed by atoms with Gasteiger partial charge in [-0.3, -0.25) is 4.98 Å². The van der Waals surface area contributed by atoms with Crippen molar-refractivity contribution in [3.05, 3.63) is 54.1 Å². The molecule has 182 valence electrons. The molecule has 0 spiro atoms. The fraction of sp³-hybridized carbons (Fsp3) is 0.400. The Morgan fingerprint density at radius 1 is 1.17 bits per heavy atom. The van der Waals surface area contributed by atoms with Crippen molar-refractivity contribution in [2.45, 2.75) is 32.9 Å². The summed E-state index contributed by atoms with van der Waals surface area (Å²) >= 11 is 0. The van der Waals surface area contributed by atoms with E-state index in [1.54, 1.807) is 18.6 Å². The number of anilines is 3. The summed E-state index contributed by atoms with van der Waals surface area (Å²) in [6.45, 7) is 8.25. The van der Waals surface area contributed by atoms with Gasteiger partial charge in [0.05, 0.1) is 31.1 Å². The van der Waals surface area contributed by atoms with Gasteiger partial charge in [-0.05, 0) is 38.1 Å². The van der Waals surface area contributed by atoms with Gasteiger partial charge in [0.15, 0.2) is 5.82 Å². The van der Waals surface area contributed by atoms with E-state index in [9.17, 15) is 4.79 Å². The average molecular weight is 475 g/mol. The van der Waals surface area contributed by atoms with Gasteiger partial charge in [0.1, 0.15) is 11.6 Å². The lowest BCUT2D eigenvalue weighted by molar-refractivity contribution is 0.0984. The first kappa shape index (κ1) is 23.0. The molecule has 1 fully saturated rings. The molecule has 2 amide bonds. The highest BCUT2D eigenvalue weighted by Gasteiger charge is 2.29. The summed E-state index contributed by atoms with van der Waals surface area (Å²) in [6.07, 6.45) is 6.01. The number of carbonyl (C=O) groups is 1. The third-order valence-electron chi connectivity index (χ3n) is 6.29. The zero-order valence-corrected chi connectivity index (χ0v) is 20.1. The Labute approximate surface area is 204 Å². The number of urea groups is 1. The van der Waals surface area contributed by atoms with E-state index >= 15 is 0 Å². The van der Waals surface area contributed by atoms with Crippen molar-refractivity contribution in [2.75, 3.05) is 48.0 Å². The molecule has 2 aliphatic heterocycles. The first-order valence-electron chi connectivity index (χ1n) is 12.0. The van der Waals surface area contributed by atoms with E-state index in [1.165, 1.54) is 0 Å². The normalized spacial score (nSPS) is 17.6. The third kappa shape index (κ3) is 5.02. The SMILES string of the molecule is CCNC(=O)Nc1ccc(-c2nc3c(c(N4CCOCC4C)n2)CN(c2cnccn2)CC3)cc1. The molecule has 10 heteroatoms. The molecular weight excluding hydrogens is 444 g/mol. The van der Waals surface area contributed by atoms with E-state index in [0.717, 1.165) is 53.7 Å². The van der Waals surface area contributed by atoms with Crippen molar-refractivity contribution >= 4 is 23.4 Å². The van der Waals surface area contributed by atoms with Crippen molar-refractivity contribution in [1.29, 1.82) is 0 Å². The molecule has 2 aromatic heterocycles. The smallest absolute Gasteiger partial charge is 0.319 e. The standard InChI is InChI=1S/C25H30N8O2/c1-3-27-25(34)29-19-6-4-18(5-7-19)23-30-21-8-11-32(22-14-26-9-10-28-22)15-20(21)24(31-23)33-12-13-35-16-17(33)2/h4-7,9-10,14,17H,3,8,11-13,15-16H2,1-2H3,(H2,27,29,34). The summed E-state index contributed by atoms with van der Waals surface area (Å²) in [7, 11) is 0. The van der Waals surface area contributed by atoms with Crippen LogP contribution in [0.1, 0.15) is 25.1 Å². The number of benzene rings is 1. The van der Waals surface area contributed by atoms with Crippen molar-refractivity contribution in [3.8, 4) is 11.4 Å². The second kappa shape index (κ2) is 10.2. The molecule has 0 bridgehead atoms. The molecule has 0 saturated carbocycles. The molecule has 2 N–H and O–H groups in total. The average Bonchev–Trinajstić information content (AvgIpc) is 2.89. The number of morpholine rings is 1. The predicted molar refractivity (Wildman–Crippen MR) is 135 cm³/mol. The highest BCUT2D eigenvalue weighted by Crippen LogP contribution is 2.32. The van der Waals surface area contributed by atoms with Gasteiger partial charge in [0, 0.05) is 61.8 Å². The first-order chi connectivity index (χ1) is 17.1. The number of ether oxygens (including phenoxy) is 1. The highest BCUT2D eigenvalue weighted by molar-refractivity contribution is 5.89. The van der Waals surface area contributed by atoms with Gasteiger partial charge in [-0.1, -0.05) is 0 Å². The largest absolute Gasteiger partial charge is 0.377 e. The zero-order chi connectivity index (χ0) is 24.2. The van der Waals surface area contributed by atoms with Crippen LogP contribution in [0.25, 0.3) is 11.4 Å². The summed E-state index contributed by atoms with van der Waals surface area (Å²) in [4.78, 5) is 35.2. The molecule has 3 aromatic rings. The van der Waals surface area contributed by atoms with Crippen LogP contribution in [-0.2, 0) is 17.7 Å². The molecule has 4 heterocycles. The zero-order valence-electron chi connectivity index (χ0n) is 20.1.